The predicted molar refractivity (Wildman–Crippen MR) is 49.3 cm³/mol. The quantitative estimate of drug-likeness (QED) is 0.541. The van der Waals surface area contributed by atoms with Crippen LogP contribution in [0.15, 0.2) is 29.3 Å². The first kappa shape index (κ1) is 7.99. The molecule has 1 heteroatoms. The van der Waals surface area contributed by atoms with Crippen LogP contribution >= 0.6 is 0 Å². The molecule has 0 radical (unpaired) electrons. The van der Waals surface area contributed by atoms with E-state index in [4.69, 9.17) is 0 Å². The molecule has 11 heavy (non-hydrogen) atoms. The molecule has 0 saturated heterocycles. The van der Waals surface area contributed by atoms with Crippen LogP contribution in [-0.4, -0.2) is 12.8 Å². The summed E-state index contributed by atoms with van der Waals surface area (Å²) in [4.78, 5) is 4.11. The van der Waals surface area contributed by atoms with Gasteiger partial charge in [-0.1, -0.05) is 29.8 Å². The Kier molecular flexibility index (Phi) is 2.42. The Morgan fingerprint density at radius 2 is 1.73 bits per heavy atom. The first-order valence-corrected chi connectivity index (χ1v) is 3.74. The highest BCUT2D eigenvalue weighted by atomic mass is 14.7. The van der Waals surface area contributed by atoms with Crippen molar-refractivity contribution >= 4 is 5.71 Å². The first-order chi connectivity index (χ1) is 5.24. The summed E-state index contributed by atoms with van der Waals surface area (Å²) in [5.41, 5.74) is 3.58. The van der Waals surface area contributed by atoms with Crippen molar-refractivity contribution in [1.29, 1.82) is 0 Å². The van der Waals surface area contributed by atoms with Gasteiger partial charge in [-0.05, 0) is 19.4 Å². The second-order valence-electron chi connectivity index (χ2n) is 2.68. The van der Waals surface area contributed by atoms with Gasteiger partial charge in [-0.15, -0.1) is 0 Å². The van der Waals surface area contributed by atoms with E-state index in [1.165, 1.54) is 11.1 Å². The van der Waals surface area contributed by atoms with Gasteiger partial charge in [0.05, 0.1) is 0 Å². The molecule has 0 fully saturated rings. The molecule has 0 saturated carbocycles. The van der Waals surface area contributed by atoms with Gasteiger partial charge < -0.3 is 0 Å². The molecule has 1 aromatic rings. The van der Waals surface area contributed by atoms with E-state index in [2.05, 4.69) is 36.2 Å². The minimum Gasteiger partial charge on any atom is -0.293 e. The van der Waals surface area contributed by atoms with Gasteiger partial charge in [0.2, 0.25) is 0 Å². The Bertz CT molecular complexity index is 257. The summed E-state index contributed by atoms with van der Waals surface area (Å²) >= 11 is 0. The lowest BCUT2D eigenvalue weighted by Gasteiger charge is -1.98. The average molecular weight is 147 g/mol. The van der Waals surface area contributed by atoms with E-state index in [-0.39, 0.29) is 0 Å². The lowest BCUT2D eigenvalue weighted by Crippen LogP contribution is -1.92. The minimum absolute atomic E-state index is 1.09. The Morgan fingerprint density at radius 1 is 1.18 bits per heavy atom. The standard InChI is InChI=1S/C10H13N/c1-8-4-6-10(7-5-8)9(2)11-3/h4-7H,1-3H3. The molecule has 0 aliphatic heterocycles. The Labute approximate surface area is 67.8 Å². The molecular formula is C10H13N. The molecule has 0 spiro atoms. The molecule has 0 aliphatic carbocycles. The van der Waals surface area contributed by atoms with Crippen molar-refractivity contribution in [1.82, 2.24) is 0 Å². The minimum atomic E-state index is 1.09. The highest BCUT2D eigenvalue weighted by molar-refractivity contribution is 5.98. The van der Waals surface area contributed by atoms with Crippen molar-refractivity contribution in [2.45, 2.75) is 13.8 Å². The second-order valence-corrected chi connectivity index (χ2v) is 2.68. The van der Waals surface area contributed by atoms with Crippen LogP contribution in [-0.2, 0) is 0 Å². The molecule has 0 aliphatic rings. The van der Waals surface area contributed by atoms with Gasteiger partial charge in [-0.25, -0.2) is 0 Å². The first-order valence-electron chi connectivity index (χ1n) is 3.74. The van der Waals surface area contributed by atoms with Crippen molar-refractivity contribution < 1.29 is 0 Å². The molecule has 1 aromatic carbocycles. The van der Waals surface area contributed by atoms with Gasteiger partial charge in [0, 0.05) is 12.8 Å². The summed E-state index contributed by atoms with van der Waals surface area (Å²) in [6.07, 6.45) is 0. The smallest absolute Gasteiger partial charge is 0.0386 e. The molecule has 0 aromatic heterocycles. The molecule has 0 atom stereocenters. The number of aryl methyl sites for hydroxylation is 1. The number of rotatable bonds is 1. The number of benzene rings is 1. The van der Waals surface area contributed by atoms with E-state index >= 15 is 0 Å². The van der Waals surface area contributed by atoms with Gasteiger partial charge in [0.25, 0.3) is 0 Å². The van der Waals surface area contributed by atoms with Gasteiger partial charge >= 0.3 is 0 Å². The Hall–Kier alpha value is -1.11. The normalized spacial score (nSPS) is 11.7. The molecule has 58 valence electrons. The van der Waals surface area contributed by atoms with Gasteiger partial charge in [0.1, 0.15) is 0 Å². The van der Waals surface area contributed by atoms with Crippen LogP contribution in [0, 0.1) is 6.92 Å². The van der Waals surface area contributed by atoms with Crippen LogP contribution < -0.4 is 0 Å². The van der Waals surface area contributed by atoms with Crippen LogP contribution in [0.3, 0.4) is 0 Å². The van der Waals surface area contributed by atoms with Crippen molar-refractivity contribution in [3.05, 3.63) is 35.4 Å². The third-order valence-electron chi connectivity index (χ3n) is 1.80. The fourth-order valence-electron chi connectivity index (χ4n) is 0.924. The largest absolute Gasteiger partial charge is 0.293 e. The van der Waals surface area contributed by atoms with E-state index in [1.807, 2.05) is 14.0 Å². The summed E-state index contributed by atoms with van der Waals surface area (Å²) in [5, 5.41) is 0. The van der Waals surface area contributed by atoms with Crippen LogP contribution in [0.1, 0.15) is 18.1 Å². The van der Waals surface area contributed by atoms with Crippen molar-refractivity contribution in [2.75, 3.05) is 7.05 Å². The molecule has 1 nitrogen and oxygen atoms in total. The number of nitrogens with zero attached hydrogens (tertiary/aromatic N) is 1. The van der Waals surface area contributed by atoms with Crippen LogP contribution in [0.5, 0.6) is 0 Å². The Balaban J connectivity index is 2.99. The molecular weight excluding hydrogens is 134 g/mol. The lowest BCUT2D eigenvalue weighted by atomic mass is 10.1. The van der Waals surface area contributed by atoms with Gasteiger partial charge in [0.15, 0.2) is 0 Å². The van der Waals surface area contributed by atoms with E-state index in [9.17, 15) is 0 Å². The van der Waals surface area contributed by atoms with Crippen LogP contribution in [0.25, 0.3) is 0 Å². The van der Waals surface area contributed by atoms with Crippen molar-refractivity contribution in [3.63, 3.8) is 0 Å². The highest BCUT2D eigenvalue weighted by Crippen LogP contribution is 2.03. The maximum absolute atomic E-state index is 4.11. The summed E-state index contributed by atoms with van der Waals surface area (Å²) in [6, 6.07) is 8.39. The van der Waals surface area contributed by atoms with Crippen molar-refractivity contribution in [3.8, 4) is 0 Å². The Morgan fingerprint density at radius 3 is 2.18 bits per heavy atom. The second kappa shape index (κ2) is 3.33. The third-order valence-corrected chi connectivity index (χ3v) is 1.80. The topological polar surface area (TPSA) is 12.4 Å². The zero-order chi connectivity index (χ0) is 8.27. The molecule has 0 N–H and O–H groups in total. The number of hydrogen-bond acceptors (Lipinski definition) is 1. The summed E-state index contributed by atoms with van der Waals surface area (Å²) in [7, 11) is 1.81. The summed E-state index contributed by atoms with van der Waals surface area (Å²) in [6.45, 7) is 4.10. The lowest BCUT2D eigenvalue weighted by molar-refractivity contribution is 1.39. The van der Waals surface area contributed by atoms with Crippen molar-refractivity contribution in [2.24, 2.45) is 4.99 Å². The maximum Gasteiger partial charge on any atom is 0.0386 e. The number of hydrogen-bond donors (Lipinski definition) is 0. The fraction of sp³-hybridized carbons (Fsp3) is 0.300. The predicted octanol–water partition coefficient (Wildman–Crippen LogP) is 2.43. The average Bonchev–Trinajstić information content (AvgIpc) is 2.05. The maximum atomic E-state index is 4.11. The van der Waals surface area contributed by atoms with E-state index in [1.54, 1.807) is 0 Å². The number of aliphatic imine (C=N–C) groups is 1. The van der Waals surface area contributed by atoms with Gasteiger partial charge in [-0.2, -0.15) is 0 Å². The SMILES string of the molecule is CN=C(C)c1ccc(C)cc1. The fourth-order valence-corrected chi connectivity index (χ4v) is 0.924. The molecule has 0 unspecified atom stereocenters. The van der Waals surface area contributed by atoms with Crippen LogP contribution in [0.4, 0.5) is 0 Å². The monoisotopic (exact) mass is 147 g/mol. The zero-order valence-electron chi connectivity index (χ0n) is 7.26. The molecule has 0 amide bonds. The van der Waals surface area contributed by atoms with E-state index in [0.717, 1.165) is 5.71 Å². The zero-order valence-corrected chi connectivity index (χ0v) is 7.26. The third kappa shape index (κ3) is 1.90. The highest BCUT2D eigenvalue weighted by Gasteiger charge is 1.93. The van der Waals surface area contributed by atoms with Crippen LogP contribution in [0.2, 0.25) is 0 Å². The van der Waals surface area contributed by atoms with Gasteiger partial charge in [-0.3, -0.25) is 4.99 Å². The molecule has 1 rings (SSSR count). The van der Waals surface area contributed by atoms with E-state index < -0.39 is 0 Å². The summed E-state index contributed by atoms with van der Waals surface area (Å²) < 4.78 is 0. The summed E-state index contributed by atoms with van der Waals surface area (Å²) in [5.74, 6) is 0. The molecule has 0 heterocycles. The molecule has 0 bridgehead atoms. The van der Waals surface area contributed by atoms with E-state index in [0.29, 0.717) is 0 Å².